The van der Waals surface area contributed by atoms with Gasteiger partial charge < -0.3 is 9.13 Å². The summed E-state index contributed by atoms with van der Waals surface area (Å²) in [5.41, 5.74) is 8.76. The maximum atomic E-state index is 9.44. The van der Waals surface area contributed by atoms with Crippen molar-refractivity contribution in [2.45, 2.75) is 0 Å². The molecule has 0 amide bonds. The first-order valence-corrected chi connectivity index (χ1v) is 21.3. The lowest BCUT2D eigenvalue weighted by Crippen LogP contribution is -2.74. The van der Waals surface area contributed by atoms with Gasteiger partial charge in [0.2, 0.25) is 0 Å². The number of hydrogen-bond donors (Lipinski definition) is 0. The average molecular weight is 748 g/mol. The molecule has 11 rings (SSSR count). The highest BCUT2D eigenvalue weighted by Crippen LogP contribution is 2.39. The van der Waals surface area contributed by atoms with Crippen LogP contribution in [-0.4, -0.2) is 17.2 Å². The van der Waals surface area contributed by atoms with Crippen LogP contribution in [0.4, 0.5) is 0 Å². The number of para-hydroxylation sites is 3. The first-order chi connectivity index (χ1) is 30.4. The van der Waals surface area contributed by atoms with Crippen molar-refractivity contribution in [2.75, 3.05) is 0 Å². The van der Waals surface area contributed by atoms with Gasteiger partial charge in [0.25, 0.3) is 0 Å². The molecule has 2 nitrogen and oxygen atoms in total. The predicted molar refractivity (Wildman–Crippen MR) is 244 cm³/mol. The third kappa shape index (κ3) is 5.17. The Morgan fingerprint density at radius 2 is 0.860 bits per heavy atom. The Labute approximate surface area is 340 Å². The monoisotopic (exact) mass is 747 g/mol. The summed E-state index contributed by atoms with van der Waals surface area (Å²) in [4.78, 5) is 0. The SMILES string of the molecule is [2H]c1c([2H])c([2H])c([Si](c2ccccc2)(c2ccccc2)c2ccc3c(c2)c2ccccc2n3-c2ccc3c(c2)c2ccccc2n3-c2ccccc2-c2ccccc2)c([2H])c1[2H]. The van der Waals surface area contributed by atoms with E-state index in [1.807, 2.05) is 36.4 Å². The first-order valence-electron chi connectivity index (χ1n) is 21.8. The molecule has 0 bridgehead atoms. The molecule has 0 aliphatic rings. The van der Waals surface area contributed by atoms with E-state index in [0.717, 1.165) is 81.7 Å². The summed E-state index contributed by atoms with van der Waals surface area (Å²) < 4.78 is 49.8. The van der Waals surface area contributed by atoms with Crippen LogP contribution < -0.4 is 20.7 Å². The highest BCUT2D eigenvalue weighted by atomic mass is 28.3. The Bertz CT molecular complexity index is 3460. The molecule has 0 aliphatic carbocycles. The second-order valence-corrected chi connectivity index (χ2v) is 18.2. The van der Waals surface area contributed by atoms with Crippen LogP contribution in [0.5, 0.6) is 0 Å². The lowest BCUT2D eigenvalue weighted by atomic mass is 10.0. The van der Waals surface area contributed by atoms with Crippen LogP contribution in [0.2, 0.25) is 0 Å². The van der Waals surface area contributed by atoms with Gasteiger partial charge in [0.05, 0.1) is 34.6 Å². The topological polar surface area (TPSA) is 9.86 Å². The standard InChI is InChI=1S/C54H38N2Si/c1-5-19-39(20-6-1)45-27-13-16-30-50(45)56-52-32-18-15-28-46(52)48-37-40(33-35-54(48)56)55-51-31-17-14-29-47(51)49-38-44(34-36-53(49)55)57(41-21-7-2-8-22-41,42-23-9-3-10-24-42)43-25-11-4-12-26-43/h1-38H/i2D,7D,8D,21D,22D. The molecule has 0 spiro atoms. The lowest BCUT2D eigenvalue weighted by molar-refractivity contribution is 1.17. The summed E-state index contributed by atoms with van der Waals surface area (Å²) in [5.74, 6) is 0. The van der Waals surface area contributed by atoms with Gasteiger partial charge >= 0.3 is 0 Å². The molecule has 0 unspecified atom stereocenters. The summed E-state index contributed by atoms with van der Waals surface area (Å²) in [6.45, 7) is 0. The van der Waals surface area contributed by atoms with Crippen LogP contribution in [0.3, 0.4) is 0 Å². The number of nitrogens with zero attached hydrogens (tertiary/aromatic N) is 2. The van der Waals surface area contributed by atoms with E-state index in [0.29, 0.717) is 5.19 Å². The van der Waals surface area contributed by atoms with E-state index >= 15 is 0 Å². The van der Waals surface area contributed by atoms with Gasteiger partial charge in [0.1, 0.15) is 0 Å². The quantitative estimate of drug-likeness (QED) is 0.114. The Morgan fingerprint density at radius 1 is 0.351 bits per heavy atom. The fourth-order valence-corrected chi connectivity index (χ4v) is 13.6. The largest absolute Gasteiger partial charge is 0.309 e. The molecule has 0 saturated heterocycles. The van der Waals surface area contributed by atoms with E-state index in [1.165, 1.54) is 0 Å². The number of rotatable bonds is 7. The molecular weight excluding hydrogens is 705 g/mol. The van der Waals surface area contributed by atoms with Gasteiger partial charge in [-0.1, -0.05) is 188 Å². The van der Waals surface area contributed by atoms with E-state index in [4.69, 9.17) is 4.11 Å². The van der Waals surface area contributed by atoms with Crippen molar-refractivity contribution in [1.29, 1.82) is 0 Å². The Hall–Kier alpha value is -7.20. The van der Waals surface area contributed by atoms with Crippen molar-refractivity contribution in [3.63, 3.8) is 0 Å². The van der Waals surface area contributed by atoms with Gasteiger partial charge in [-0.15, -0.1) is 0 Å². The molecule has 0 aliphatic heterocycles. The van der Waals surface area contributed by atoms with Crippen molar-refractivity contribution < 1.29 is 6.85 Å². The molecule has 9 aromatic carbocycles. The fourth-order valence-electron chi connectivity index (χ4n) is 9.12. The normalized spacial score (nSPS) is 13.1. The maximum absolute atomic E-state index is 9.44. The minimum atomic E-state index is -3.59. The highest BCUT2D eigenvalue weighted by molar-refractivity contribution is 7.20. The van der Waals surface area contributed by atoms with E-state index in [1.54, 1.807) is 0 Å². The second-order valence-electron chi connectivity index (χ2n) is 14.5. The summed E-state index contributed by atoms with van der Waals surface area (Å²) in [6.07, 6.45) is 0. The Balaban J connectivity index is 1.18. The summed E-state index contributed by atoms with van der Waals surface area (Å²) in [6, 6.07) is 68.1. The Morgan fingerprint density at radius 3 is 1.54 bits per heavy atom. The minimum Gasteiger partial charge on any atom is -0.309 e. The summed E-state index contributed by atoms with van der Waals surface area (Å²) >= 11 is 0. The van der Waals surface area contributed by atoms with Crippen LogP contribution >= 0.6 is 0 Å². The maximum Gasteiger partial charge on any atom is 0.179 e. The smallest absolute Gasteiger partial charge is 0.179 e. The first kappa shape index (κ1) is 28.2. The zero-order valence-electron chi connectivity index (χ0n) is 35.9. The van der Waals surface area contributed by atoms with E-state index < -0.39 is 14.1 Å². The second kappa shape index (κ2) is 13.5. The van der Waals surface area contributed by atoms with Gasteiger partial charge in [-0.2, -0.15) is 0 Å². The lowest BCUT2D eigenvalue weighted by Gasteiger charge is -2.34. The van der Waals surface area contributed by atoms with Crippen molar-refractivity contribution in [2.24, 2.45) is 0 Å². The van der Waals surface area contributed by atoms with E-state index in [2.05, 4.69) is 173 Å². The molecule has 0 atom stereocenters. The third-order valence-corrected chi connectivity index (χ3v) is 16.1. The summed E-state index contributed by atoms with van der Waals surface area (Å²) in [7, 11) is -3.59. The zero-order chi connectivity index (χ0) is 42.1. The molecular formula is C54H38N2Si. The van der Waals surface area contributed by atoms with Crippen molar-refractivity contribution in [3.05, 3.63) is 230 Å². The van der Waals surface area contributed by atoms with Gasteiger partial charge in [-0.3, -0.25) is 0 Å². The molecule has 0 radical (unpaired) electrons. The molecule has 0 fully saturated rings. The van der Waals surface area contributed by atoms with Crippen molar-refractivity contribution >= 4 is 72.4 Å². The van der Waals surface area contributed by atoms with Gasteiger partial charge in [0.15, 0.2) is 8.07 Å². The summed E-state index contributed by atoms with van der Waals surface area (Å²) in [5, 5.41) is 7.54. The van der Waals surface area contributed by atoms with Crippen molar-refractivity contribution in [3.8, 4) is 22.5 Å². The van der Waals surface area contributed by atoms with E-state index in [9.17, 15) is 2.74 Å². The van der Waals surface area contributed by atoms with Crippen LogP contribution in [-0.2, 0) is 0 Å². The average Bonchev–Trinajstić information content (AvgIpc) is 3.84. The number of hydrogen-bond acceptors (Lipinski definition) is 0. The highest BCUT2D eigenvalue weighted by Gasteiger charge is 2.41. The molecule has 11 aromatic rings. The third-order valence-electron chi connectivity index (χ3n) is 11.5. The number of aromatic nitrogens is 2. The molecule has 0 N–H and O–H groups in total. The predicted octanol–water partition coefficient (Wildman–Crippen LogP) is 10.9. The molecule has 2 aromatic heterocycles. The zero-order valence-corrected chi connectivity index (χ0v) is 31.9. The van der Waals surface area contributed by atoms with Gasteiger partial charge in [0, 0.05) is 32.8 Å². The molecule has 3 heteroatoms. The van der Waals surface area contributed by atoms with Crippen LogP contribution in [0.15, 0.2) is 230 Å². The molecule has 57 heavy (non-hydrogen) atoms. The fraction of sp³-hybridized carbons (Fsp3) is 0. The van der Waals surface area contributed by atoms with Gasteiger partial charge in [-0.05, 0) is 68.8 Å². The van der Waals surface area contributed by atoms with Gasteiger partial charge in [-0.25, -0.2) is 0 Å². The van der Waals surface area contributed by atoms with Crippen LogP contribution in [0, 0.1) is 0 Å². The van der Waals surface area contributed by atoms with E-state index in [-0.39, 0.29) is 24.2 Å². The number of fused-ring (bicyclic) bond motifs is 6. The molecule has 0 saturated carbocycles. The van der Waals surface area contributed by atoms with Crippen LogP contribution in [0.25, 0.3) is 66.1 Å². The number of benzene rings is 9. The molecule has 268 valence electrons. The Kier molecular flexibility index (Phi) is 6.70. The molecule has 2 heterocycles. The minimum absolute atomic E-state index is 0.170. The van der Waals surface area contributed by atoms with Crippen molar-refractivity contribution in [1.82, 2.24) is 9.13 Å². The van der Waals surface area contributed by atoms with Crippen LogP contribution in [0.1, 0.15) is 6.85 Å².